The standard InChI is InChI=1S/C19H20N2O/c1-13(2)18(14-8-4-3-5-9-14)21-19(22)16-12-20-17-11-7-6-10-15(16)17/h3-13,18,20H,1-2H3,(H,21,22)/t18-/m0/s1. The number of aromatic nitrogens is 1. The van der Waals surface area contributed by atoms with E-state index >= 15 is 0 Å². The van der Waals surface area contributed by atoms with Crippen molar-refractivity contribution < 1.29 is 4.79 Å². The minimum Gasteiger partial charge on any atom is -0.360 e. The molecule has 0 saturated heterocycles. The number of H-pyrrole nitrogens is 1. The van der Waals surface area contributed by atoms with E-state index in [1.165, 1.54) is 0 Å². The van der Waals surface area contributed by atoms with Crippen LogP contribution in [0.15, 0.2) is 60.8 Å². The van der Waals surface area contributed by atoms with Crippen molar-refractivity contribution in [3.05, 3.63) is 71.9 Å². The Balaban J connectivity index is 1.89. The fraction of sp³-hybridized carbons (Fsp3) is 0.211. The quantitative estimate of drug-likeness (QED) is 0.740. The molecular formula is C19H20N2O. The molecule has 0 aliphatic carbocycles. The van der Waals surface area contributed by atoms with Crippen molar-refractivity contribution in [3.63, 3.8) is 0 Å². The molecule has 0 aliphatic rings. The molecule has 1 heterocycles. The van der Waals surface area contributed by atoms with Gasteiger partial charge in [0.25, 0.3) is 5.91 Å². The highest BCUT2D eigenvalue weighted by molar-refractivity contribution is 6.06. The first-order chi connectivity index (χ1) is 10.7. The van der Waals surface area contributed by atoms with E-state index in [9.17, 15) is 4.79 Å². The van der Waals surface area contributed by atoms with Crippen LogP contribution in [0.4, 0.5) is 0 Å². The SMILES string of the molecule is CC(C)[C@H](NC(=O)c1c[nH]c2ccccc12)c1ccccc1. The maximum Gasteiger partial charge on any atom is 0.253 e. The lowest BCUT2D eigenvalue weighted by Gasteiger charge is -2.22. The number of carbonyl (C=O) groups excluding carboxylic acids is 1. The molecule has 112 valence electrons. The van der Waals surface area contributed by atoms with Gasteiger partial charge in [0.15, 0.2) is 0 Å². The summed E-state index contributed by atoms with van der Waals surface area (Å²) in [7, 11) is 0. The van der Waals surface area contributed by atoms with Crippen molar-refractivity contribution >= 4 is 16.8 Å². The van der Waals surface area contributed by atoms with Gasteiger partial charge in [0.05, 0.1) is 11.6 Å². The van der Waals surface area contributed by atoms with E-state index in [0.717, 1.165) is 16.5 Å². The van der Waals surface area contributed by atoms with Crippen LogP contribution in [0, 0.1) is 5.92 Å². The Bertz CT molecular complexity index is 774. The number of nitrogens with one attached hydrogen (secondary N) is 2. The number of hydrogen-bond donors (Lipinski definition) is 2. The molecule has 0 aliphatic heterocycles. The van der Waals surface area contributed by atoms with Gasteiger partial charge in [-0.1, -0.05) is 62.4 Å². The monoisotopic (exact) mass is 292 g/mol. The van der Waals surface area contributed by atoms with E-state index in [1.807, 2.05) is 42.5 Å². The molecule has 0 saturated carbocycles. The van der Waals surface area contributed by atoms with E-state index < -0.39 is 0 Å². The first-order valence-electron chi connectivity index (χ1n) is 7.58. The molecule has 3 rings (SSSR count). The molecule has 0 unspecified atom stereocenters. The summed E-state index contributed by atoms with van der Waals surface area (Å²) in [4.78, 5) is 15.8. The Hall–Kier alpha value is -2.55. The molecule has 3 nitrogen and oxygen atoms in total. The van der Waals surface area contributed by atoms with Crippen LogP contribution in [0.5, 0.6) is 0 Å². The van der Waals surface area contributed by atoms with Gasteiger partial charge in [0.2, 0.25) is 0 Å². The first-order valence-corrected chi connectivity index (χ1v) is 7.58. The van der Waals surface area contributed by atoms with Crippen molar-refractivity contribution in [1.82, 2.24) is 10.3 Å². The summed E-state index contributed by atoms with van der Waals surface area (Å²) >= 11 is 0. The van der Waals surface area contributed by atoms with Crippen LogP contribution >= 0.6 is 0 Å². The molecule has 3 heteroatoms. The van der Waals surface area contributed by atoms with E-state index in [2.05, 4.69) is 36.3 Å². The highest BCUT2D eigenvalue weighted by Gasteiger charge is 2.20. The van der Waals surface area contributed by atoms with Crippen molar-refractivity contribution in [1.29, 1.82) is 0 Å². The minimum atomic E-state index is -0.0417. The summed E-state index contributed by atoms with van der Waals surface area (Å²) < 4.78 is 0. The Labute approximate surface area is 130 Å². The number of hydrogen-bond acceptors (Lipinski definition) is 1. The molecular weight excluding hydrogens is 272 g/mol. The zero-order valence-corrected chi connectivity index (χ0v) is 12.8. The fourth-order valence-electron chi connectivity index (χ4n) is 2.77. The summed E-state index contributed by atoms with van der Waals surface area (Å²) in [5.41, 5.74) is 2.80. The summed E-state index contributed by atoms with van der Waals surface area (Å²) in [5, 5.41) is 4.12. The van der Waals surface area contributed by atoms with Gasteiger partial charge in [-0.15, -0.1) is 0 Å². The number of amides is 1. The van der Waals surface area contributed by atoms with Gasteiger partial charge in [-0.05, 0) is 17.5 Å². The predicted octanol–water partition coefficient (Wildman–Crippen LogP) is 4.30. The van der Waals surface area contributed by atoms with E-state index in [4.69, 9.17) is 0 Å². The third-order valence-corrected chi connectivity index (χ3v) is 3.95. The number of fused-ring (bicyclic) bond motifs is 1. The largest absolute Gasteiger partial charge is 0.360 e. The van der Waals surface area contributed by atoms with Crippen LogP contribution in [0.1, 0.15) is 35.8 Å². The summed E-state index contributed by atoms with van der Waals surface area (Å²) in [6.07, 6.45) is 1.78. The maximum atomic E-state index is 12.7. The predicted molar refractivity (Wildman–Crippen MR) is 89.8 cm³/mol. The van der Waals surface area contributed by atoms with Crippen molar-refractivity contribution in [3.8, 4) is 0 Å². The minimum absolute atomic E-state index is 0.00219. The zero-order chi connectivity index (χ0) is 15.5. The third-order valence-electron chi connectivity index (χ3n) is 3.95. The zero-order valence-electron chi connectivity index (χ0n) is 12.8. The second-order valence-electron chi connectivity index (χ2n) is 5.85. The highest BCUT2D eigenvalue weighted by atomic mass is 16.1. The normalized spacial score (nSPS) is 12.5. The van der Waals surface area contributed by atoms with Gasteiger partial charge < -0.3 is 10.3 Å². The lowest BCUT2D eigenvalue weighted by atomic mass is 9.95. The molecule has 2 aromatic carbocycles. The Morgan fingerprint density at radius 2 is 1.68 bits per heavy atom. The van der Waals surface area contributed by atoms with Crippen LogP contribution in [0.25, 0.3) is 10.9 Å². The molecule has 1 amide bonds. The van der Waals surface area contributed by atoms with Gasteiger partial charge in [-0.25, -0.2) is 0 Å². The van der Waals surface area contributed by atoms with Crippen LogP contribution in [0.2, 0.25) is 0 Å². The van der Waals surface area contributed by atoms with Gasteiger partial charge in [0, 0.05) is 17.1 Å². The number of benzene rings is 2. The van der Waals surface area contributed by atoms with E-state index in [-0.39, 0.29) is 11.9 Å². The first kappa shape index (κ1) is 14.4. The number of aromatic amines is 1. The Morgan fingerprint density at radius 1 is 1.00 bits per heavy atom. The van der Waals surface area contributed by atoms with E-state index in [0.29, 0.717) is 11.5 Å². The summed E-state index contributed by atoms with van der Waals surface area (Å²) in [5.74, 6) is 0.275. The number of para-hydroxylation sites is 1. The molecule has 22 heavy (non-hydrogen) atoms. The Kier molecular flexibility index (Phi) is 3.96. The van der Waals surface area contributed by atoms with Crippen LogP contribution in [-0.4, -0.2) is 10.9 Å². The summed E-state index contributed by atoms with van der Waals surface area (Å²) in [6, 6.07) is 18.0. The molecule has 3 aromatic rings. The van der Waals surface area contributed by atoms with Gasteiger partial charge in [-0.3, -0.25) is 4.79 Å². The van der Waals surface area contributed by atoms with Crippen LogP contribution in [0.3, 0.4) is 0 Å². The molecule has 0 bridgehead atoms. The molecule has 1 aromatic heterocycles. The fourth-order valence-corrected chi connectivity index (χ4v) is 2.77. The second kappa shape index (κ2) is 6.06. The van der Waals surface area contributed by atoms with Gasteiger partial charge >= 0.3 is 0 Å². The van der Waals surface area contributed by atoms with Crippen molar-refractivity contribution in [2.75, 3.05) is 0 Å². The Morgan fingerprint density at radius 3 is 2.41 bits per heavy atom. The highest BCUT2D eigenvalue weighted by Crippen LogP contribution is 2.23. The lowest BCUT2D eigenvalue weighted by Crippen LogP contribution is -2.31. The lowest BCUT2D eigenvalue weighted by molar-refractivity contribution is 0.0927. The van der Waals surface area contributed by atoms with Gasteiger partial charge in [-0.2, -0.15) is 0 Å². The van der Waals surface area contributed by atoms with Crippen molar-refractivity contribution in [2.24, 2.45) is 5.92 Å². The third kappa shape index (κ3) is 2.75. The topological polar surface area (TPSA) is 44.9 Å². The molecule has 2 N–H and O–H groups in total. The van der Waals surface area contributed by atoms with Gasteiger partial charge in [0.1, 0.15) is 0 Å². The maximum absolute atomic E-state index is 12.7. The average Bonchev–Trinajstić information content (AvgIpc) is 2.97. The number of carbonyl (C=O) groups is 1. The van der Waals surface area contributed by atoms with E-state index in [1.54, 1.807) is 6.20 Å². The summed E-state index contributed by atoms with van der Waals surface area (Å²) in [6.45, 7) is 4.24. The molecule has 0 fully saturated rings. The smallest absolute Gasteiger partial charge is 0.253 e. The van der Waals surface area contributed by atoms with Crippen molar-refractivity contribution in [2.45, 2.75) is 19.9 Å². The molecule has 0 spiro atoms. The van der Waals surface area contributed by atoms with Crippen LogP contribution in [-0.2, 0) is 0 Å². The number of rotatable bonds is 4. The molecule has 1 atom stereocenters. The molecule has 0 radical (unpaired) electrons. The second-order valence-corrected chi connectivity index (χ2v) is 5.85. The average molecular weight is 292 g/mol. The van der Waals surface area contributed by atoms with Crippen LogP contribution < -0.4 is 5.32 Å².